The number of aliphatic hydroxyl groups is 2. The van der Waals surface area contributed by atoms with Gasteiger partial charge in [-0.1, -0.05) is 48.5 Å². The van der Waals surface area contributed by atoms with Gasteiger partial charge in [-0.3, -0.25) is 19.2 Å². The Balaban J connectivity index is 0.689. The molecule has 2 saturated heterocycles. The number of carbonyl (C=O) groups is 4. The van der Waals surface area contributed by atoms with Gasteiger partial charge >= 0.3 is 0 Å². The molecule has 4 amide bonds. The molecule has 8 rings (SSSR count). The standard InChI is InChI=1S/C58H58F4N4O10/c59-41-9-1-37(2-10-41)51(67)27-25-49-55(65(57(49)71)45-17-13-43(61)14-18-45)39-5-21-47(22-6-39)75-35-53(69)63-29-31-73-33-34-74-32-30-64-54(70)36-76-48-23-7-40(8-24-48)56-50(26-28-52(68)38-3-11-42(60)12-4-38)58(72)66(56)46-19-15-44(62)16-20-46/h1-24,49-52,55-56,67-68H,25-36H2,(H,63,69)(H,64,70)/t49-,50-,51+,52+,55-,56-/m1/s1. The van der Waals surface area contributed by atoms with Gasteiger partial charge in [0.25, 0.3) is 11.8 Å². The van der Waals surface area contributed by atoms with Gasteiger partial charge in [-0.05, 0) is 145 Å². The van der Waals surface area contributed by atoms with Crippen LogP contribution in [-0.4, -0.2) is 86.6 Å². The number of ether oxygens (including phenoxy) is 4. The molecule has 398 valence electrons. The molecule has 4 N–H and O–H groups in total. The molecule has 76 heavy (non-hydrogen) atoms. The minimum atomic E-state index is -0.890. The van der Waals surface area contributed by atoms with Crippen molar-refractivity contribution in [3.63, 3.8) is 0 Å². The fraction of sp³-hybridized carbons (Fsp3) is 0.310. The summed E-state index contributed by atoms with van der Waals surface area (Å²) in [6.45, 7) is 0.902. The number of anilines is 2. The molecule has 0 aromatic heterocycles. The maximum atomic E-state index is 13.7. The first-order valence-corrected chi connectivity index (χ1v) is 25.0. The Morgan fingerprint density at radius 2 is 0.803 bits per heavy atom. The van der Waals surface area contributed by atoms with E-state index < -0.39 is 59.4 Å². The third-order valence-corrected chi connectivity index (χ3v) is 13.3. The van der Waals surface area contributed by atoms with Crippen LogP contribution in [0.2, 0.25) is 0 Å². The number of aliphatic hydroxyl groups excluding tert-OH is 2. The van der Waals surface area contributed by atoms with Crippen LogP contribution in [0.25, 0.3) is 0 Å². The van der Waals surface area contributed by atoms with Crippen LogP contribution in [0.3, 0.4) is 0 Å². The first kappa shape index (κ1) is 54.6. The molecule has 2 fully saturated rings. The van der Waals surface area contributed by atoms with E-state index in [-0.39, 0.29) is 89.2 Å². The number of nitrogens with zero attached hydrogens (tertiary/aromatic N) is 2. The van der Waals surface area contributed by atoms with E-state index in [1.165, 1.54) is 97.1 Å². The van der Waals surface area contributed by atoms with Crippen LogP contribution in [0, 0.1) is 35.1 Å². The van der Waals surface area contributed by atoms with Crippen LogP contribution in [-0.2, 0) is 28.7 Å². The number of nitrogens with one attached hydrogen (secondary N) is 2. The molecule has 2 aliphatic rings. The van der Waals surface area contributed by atoms with E-state index in [1.807, 2.05) is 0 Å². The number of hydrogen-bond donors (Lipinski definition) is 4. The molecule has 0 unspecified atom stereocenters. The third kappa shape index (κ3) is 14.2. The average Bonchev–Trinajstić information content (AvgIpc) is 3.46. The Morgan fingerprint density at radius 1 is 0.474 bits per heavy atom. The van der Waals surface area contributed by atoms with Crippen molar-refractivity contribution in [2.24, 2.45) is 11.8 Å². The van der Waals surface area contributed by atoms with Crippen LogP contribution in [0.1, 0.15) is 72.2 Å². The normalized spacial score (nSPS) is 17.8. The van der Waals surface area contributed by atoms with Crippen LogP contribution < -0.4 is 29.9 Å². The molecule has 6 atom stereocenters. The van der Waals surface area contributed by atoms with Crippen LogP contribution in [0.4, 0.5) is 28.9 Å². The molecule has 14 nitrogen and oxygen atoms in total. The molecule has 6 aromatic carbocycles. The van der Waals surface area contributed by atoms with Gasteiger partial charge in [0, 0.05) is 24.5 Å². The molecule has 0 saturated carbocycles. The lowest BCUT2D eigenvalue weighted by molar-refractivity contribution is -0.131. The number of hydrogen-bond acceptors (Lipinski definition) is 10. The van der Waals surface area contributed by atoms with Crippen LogP contribution in [0.5, 0.6) is 11.5 Å². The molecule has 18 heteroatoms. The van der Waals surface area contributed by atoms with Crippen molar-refractivity contribution < 1.29 is 65.9 Å². The number of amides is 4. The minimum Gasteiger partial charge on any atom is -0.484 e. The van der Waals surface area contributed by atoms with E-state index in [0.29, 0.717) is 46.8 Å². The maximum Gasteiger partial charge on any atom is 0.258 e. The molecule has 0 aliphatic carbocycles. The summed E-state index contributed by atoms with van der Waals surface area (Å²) in [5.41, 5.74) is 3.73. The highest BCUT2D eigenvalue weighted by molar-refractivity contribution is 6.04. The Hall–Kier alpha value is -7.64. The second kappa shape index (κ2) is 26.2. The number of rotatable bonds is 27. The zero-order valence-corrected chi connectivity index (χ0v) is 41.4. The maximum absolute atomic E-state index is 13.7. The molecule has 0 radical (unpaired) electrons. The summed E-state index contributed by atoms with van der Waals surface area (Å²) in [5.74, 6) is -2.84. The quantitative estimate of drug-likeness (QED) is 0.0223. The molecule has 2 aliphatic heterocycles. The Kier molecular flexibility index (Phi) is 18.8. The summed E-state index contributed by atoms with van der Waals surface area (Å²) >= 11 is 0. The van der Waals surface area contributed by atoms with Crippen molar-refractivity contribution in [1.82, 2.24) is 10.6 Å². The lowest BCUT2D eigenvalue weighted by Gasteiger charge is -2.48. The Labute approximate surface area is 437 Å². The summed E-state index contributed by atoms with van der Waals surface area (Å²) < 4.78 is 76.8. The van der Waals surface area contributed by atoms with Crippen LogP contribution in [0.15, 0.2) is 146 Å². The molecule has 6 aromatic rings. The van der Waals surface area contributed by atoms with Gasteiger partial charge in [0.2, 0.25) is 11.8 Å². The second-order valence-electron chi connectivity index (χ2n) is 18.4. The van der Waals surface area contributed by atoms with E-state index >= 15 is 0 Å². The zero-order valence-electron chi connectivity index (χ0n) is 41.4. The summed E-state index contributed by atoms with van der Waals surface area (Å²) in [6.07, 6.45) is -0.543. The largest absolute Gasteiger partial charge is 0.484 e. The van der Waals surface area contributed by atoms with Gasteiger partial charge in [0.05, 0.1) is 62.6 Å². The van der Waals surface area contributed by atoms with E-state index in [2.05, 4.69) is 10.6 Å². The van der Waals surface area contributed by atoms with Gasteiger partial charge < -0.3 is 49.6 Å². The number of β-lactam (4-membered cyclic amide) rings is 2. The molecule has 2 heterocycles. The summed E-state index contributed by atoms with van der Waals surface area (Å²) in [6, 6.07) is 35.6. The fourth-order valence-corrected chi connectivity index (χ4v) is 9.35. The number of carbonyl (C=O) groups excluding carboxylic acids is 4. The van der Waals surface area contributed by atoms with E-state index in [0.717, 1.165) is 11.1 Å². The highest BCUT2D eigenvalue weighted by Gasteiger charge is 2.49. The third-order valence-electron chi connectivity index (χ3n) is 13.3. The van der Waals surface area contributed by atoms with E-state index in [1.54, 1.807) is 58.3 Å². The van der Waals surface area contributed by atoms with Crippen molar-refractivity contribution in [1.29, 1.82) is 0 Å². The summed E-state index contributed by atoms with van der Waals surface area (Å²) in [7, 11) is 0. The monoisotopic (exact) mass is 1050 g/mol. The molecular weight excluding hydrogens is 989 g/mol. The minimum absolute atomic E-state index is 0.166. The van der Waals surface area contributed by atoms with Crippen molar-refractivity contribution in [3.05, 3.63) is 191 Å². The van der Waals surface area contributed by atoms with Crippen LogP contribution >= 0.6 is 0 Å². The lowest BCUT2D eigenvalue weighted by atomic mass is 9.78. The summed E-state index contributed by atoms with van der Waals surface area (Å²) in [4.78, 5) is 55.1. The van der Waals surface area contributed by atoms with Crippen molar-refractivity contribution in [2.75, 3.05) is 62.5 Å². The topological polar surface area (TPSA) is 176 Å². The first-order chi connectivity index (χ1) is 36.8. The van der Waals surface area contributed by atoms with Gasteiger partial charge in [-0.15, -0.1) is 0 Å². The van der Waals surface area contributed by atoms with Crippen molar-refractivity contribution in [3.8, 4) is 11.5 Å². The number of halogens is 4. The van der Waals surface area contributed by atoms with Gasteiger partial charge in [0.15, 0.2) is 13.2 Å². The van der Waals surface area contributed by atoms with Gasteiger partial charge in [-0.2, -0.15) is 0 Å². The fourth-order valence-electron chi connectivity index (χ4n) is 9.35. The lowest BCUT2D eigenvalue weighted by Crippen LogP contribution is -2.55. The molecule has 0 spiro atoms. The SMILES string of the molecule is O=C(COc1ccc([C@@H]2[C@@H](CC[C@H](O)c3ccc(F)cc3)C(=O)N2c2ccc(F)cc2)cc1)NCCOCCOCCNC(=O)COc1ccc([C@@H]2[C@@H](CC[C@H](O)c3ccc(F)cc3)C(=O)N2c2ccc(F)cc2)cc1. The summed E-state index contributed by atoms with van der Waals surface area (Å²) in [5, 5.41) is 27.0. The Bertz CT molecular complexity index is 2670. The molecule has 0 bridgehead atoms. The zero-order chi connectivity index (χ0) is 53.6. The molecular formula is C58H58F4N4O10. The van der Waals surface area contributed by atoms with Crippen molar-refractivity contribution in [2.45, 2.75) is 50.0 Å². The Morgan fingerprint density at radius 3 is 1.14 bits per heavy atom. The number of benzene rings is 6. The average molecular weight is 1050 g/mol. The van der Waals surface area contributed by atoms with Gasteiger partial charge in [-0.25, -0.2) is 17.6 Å². The highest BCUT2D eigenvalue weighted by Crippen LogP contribution is 2.48. The second-order valence-corrected chi connectivity index (χ2v) is 18.4. The van der Waals surface area contributed by atoms with E-state index in [4.69, 9.17) is 18.9 Å². The predicted molar refractivity (Wildman–Crippen MR) is 273 cm³/mol. The van der Waals surface area contributed by atoms with E-state index in [9.17, 15) is 47.0 Å². The predicted octanol–water partition coefficient (Wildman–Crippen LogP) is 8.40. The van der Waals surface area contributed by atoms with Gasteiger partial charge in [0.1, 0.15) is 34.8 Å². The highest BCUT2D eigenvalue weighted by atomic mass is 19.1. The first-order valence-electron chi connectivity index (χ1n) is 25.0. The van der Waals surface area contributed by atoms with Crippen molar-refractivity contribution >= 4 is 35.0 Å². The smallest absolute Gasteiger partial charge is 0.258 e.